The number of rotatable bonds is 5. The molecule has 1 aromatic heterocycles. The number of hydrogen-bond donors (Lipinski definition) is 1. The second-order valence-corrected chi connectivity index (χ2v) is 7.43. The first-order valence-electron chi connectivity index (χ1n) is 9.35. The van der Waals surface area contributed by atoms with Gasteiger partial charge in [0.05, 0.1) is 30.6 Å². The number of hydrogen-bond acceptors (Lipinski definition) is 6. The van der Waals surface area contributed by atoms with Gasteiger partial charge in [0.1, 0.15) is 5.75 Å². The van der Waals surface area contributed by atoms with E-state index in [4.69, 9.17) is 26.2 Å². The highest BCUT2D eigenvalue weighted by Crippen LogP contribution is 2.27. The smallest absolute Gasteiger partial charge is 0.160 e. The number of ether oxygens (including phenoxy) is 1. The number of hydroxylamine groups is 1. The molecule has 148 valence electrons. The fourth-order valence-corrected chi connectivity index (χ4v) is 3.29. The summed E-state index contributed by atoms with van der Waals surface area (Å²) in [5, 5.41) is 8.50. The summed E-state index contributed by atoms with van der Waals surface area (Å²) >= 11 is 6.05. The van der Waals surface area contributed by atoms with Crippen LogP contribution in [0, 0.1) is 13.8 Å². The molecule has 4 rings (SSSR count). The van der Waals surface area contributed by atoms with Crippen molar-refractivity contribution in [2.24, 2.45) is 4.99 Å². The summed E-state index contributed by atoms with van der Waals surface area (Å²) in [5.74, 6) is 1.69. The van der Waals surface area contributed by atoms with Crippen LogP contribution in [0.15, 0.2) is 59.9 Å². The van der Waals surface area contributed by atoms with Gasteiger partial charge in [-0.2, -0.15) is 10.2 Å². The van der Waals surface area contributed by atoms with E-state index in [9.17, 15) is 0 Å². The number of aliphatic imine (C=N–C) groups is 1. The highest BCUT2D eigenvalue weighted by Gasteiger charge is 2.21. The maximum atomic E-state index is 6.05. The van der Waals surface area contributed by atoms with E-state index in [1.807, 2.05) is 12.1 Å². The predicted octanol–water partition coefficient (Wildman–Crippen LogP) is 4.43. The zero-order chi connectivity index (χ0) is 20.2. The lowest BCUT2D eigenvalue weighted by Crippen LogP contribution is -2.36. The lowest BCUT2D eigenvalue weighted by molar-refractivity contribution is 0.0623. The number of benzene rings is 2. The number of amidine groups is 1. The first-order valence-corrected chi connectivity index (χ1v) is 9.72. The van der Waals surface area contributed by atoms with Crippen molar-refractivity contribution in [2.45, 2.75) is 26.3 Å². The van der Waals surface area contributed by atoms with Crippen LogP contribution in [-0.2, 0) is 11.3 Å². The zero-order valence-corrected chi connectivity index (χ0v) is 17.0. The fourth-order valence-electron chi connectivity index (χ4n) is 3.11. The molecule has 1 unspecified atom stereocenters. The molecule has 6 nitrogen and oxygen atoms in total. The van der Waals surface area contributed by atoms with E-state index >= 15 is 0 Å². The van der Waals surface area contributed by atoms with Gasteiger partial charge in [0.25, 0.3) is 0 Å². The summed E-state index contributed by atoms with van der Waals surface area (Å²) < 4.78 is 5.96. The Kier molecular flexibility index (Phi) is 5.74. The SMILES string of the molecule is Cc1ccc(CC2CONC(c3cnncc3Oc3cccc(Cl)c3)=N2)cc1C. The molecule has 3 aromatic rings. The van der Waals surface area contributed by atoms with Gasteiger partial charge >= 0.3 is 0 Å². The first kappa shape index (κ1) is 19.4. The molecule has 0 fully saturated rings. The third-order valence-corrected chi connectivity index (χ3v) is 5.01. The molecule has 2 aromatic carbocycles. The topological polar surface area (TPSA) is 68.6 Å². The summed E-state index contributed by atoms with van der Waals surface area (Å²) in [5.41, 5.74) is 7.35. The minimum atomic E-state index is -0.0134. The van der Waals surface area contributed by atoms with Crippen molar-refractivity contribution >= 4 is 17.4 Å². The van der Waals surface area contributed by atoms with E-state index < -0.39 is 0 Å². The van der Waals surface area contributed by atoms with Crippen molar-refractivity contribution in [3.63, 3.8) is 0 Å². The third kappa shape index (κ3) is 4.72. The van der Waals surface area contributed by atoms with Crippen LogP contribution in [-0.4, -0.2) is 28.7 Å². The molecule has 2 heterocycles. The van der Waals surface area contributed by atoms with Gasteiger partial charge in [-0.05, 0) is 55.2 Å². The largest absolute Gasteiger partial charge is 0.455 e. The van der Waals surface area contributed by atoms with Gasteiger partial charge in [0, 0.05) is 5.02 Å². The predicted molar refractivity (Wildman–Crippen MR) is 113 cm³/mol. The minimum Gasteiger partial charge on any atom is -0.455 e. The second kappa shape index (κ2) is 8.59. The molecule has 0 saturated heterocycles. The van der Waals surface area contributed by atoms with E-state index in [2.05, 4.69) is 47.7 Å². The molecule has 0 amide bonds. The highest BCUT2D eigenvalue weighted by atomic mass is 35.5. The molecule has 1 aliphatic heterocycles. The Balaban J connectivity index is 1.58. The molecular formula is C22H21ClN4O2. The zero-order valence-electron chi connectivity index (χ0n) is 16.2. The van der Waals surface area contributed by atoms with Crippen LogP contribution >= 0.6 is 11.6 Å². The molecular weight excluding hydrogens is 388 g/mol. The molecule has 1 aliphatic rings. The molecule has 7 heteroatoms. The Morgan fingerprint density at radius 2 is 1.97 bits per heavy atom. The van der Waals surface area contributed by atoms with E-state index in [1.165, 1.54) is 16.7 Å². The van der Waals surface area contributed by atoms with Crippen molar-refractivity contribution in [1.82, 2.24) is 15.7 Å². The Morgan fingerprint density at radius 1 is 1.10 bits per heavy atom. The first-order chi connectivity index (χ1) is 14.1. The van der Waals surface area contributed by atoms with E-state index in [0.717, 1.165) is 6.42 Å². The standard InChI is InChI=1S/C22H21ClN4O2/c1-14-6-7-16(8-15(14)2)9-18-13-28-27-22(26-18)20-11-24-25-12-21(20)29-19-5-3-4-17(23)10-19/h3-8,10-12,18H,9,13H2,1-2H3,(H,26,27). The summed E-state index contributed by atoms with van der Waals surface area (Å²) in [6, 6.07) is 13.6. The summed E-state index contributed by atoms with van der Waals surface area (Å²) in [7, 11) is 0. The van der Waals surface area contributed by atoms with E-state index in [0.29, 0.717) is 34.5 Å². The van der Waals surface area contributed by atoms with Gasteiger partial charge in [0.15, 0.2) is 11.6 Å². The maximum Gasteiger partial charge on any atom is 0.160 e. The Labute approximate surface area is 174 Å². The summed E-state index contributed by atoms with van der Waals surface area (Å²) in [6.45, 7) is 4.72. The van der Waals surface area contributed by atoms with Gasteiger partial charge in [-0.15, -0.1) is 0 Å². The summed E-state index contributed by atoms with van der Waals surface area (Å²) in [4.78, 5) is 10.4. The number of nitrogens with one attached hydrogen (secondary N) is 1. The molecule has 0 radical (unpaired) electrons. The van der Waals surface area contributed by atoms with Gasteiger partial charge < -0.3 is 4.74 Å². The number of nitrogens with zero attached hydrogens (tertiary/aromatic N) is 3. The molecule has 0 spiro atoms. The van der Waals surface area contributed by atoms with Crippen LogP contribution in [0.2, 0.25) is 5.02 Å². The van der Waals surface area contributed by atoms with E-state index in [1.54, 1.807) is 24.5 Å². The lowest BCUT2D eigenvalue weighted by Gasteiger charge is -2.23. The van der Waals surface area contributed by atoms with Crippen LogP contribution < -0.4 is 10.2 Å². The van der Waals surface area contributed by atoms with Crippen molar-refractivity contribution in [1.29, 1.82) is 0 Å². The molecule has 1 atom stereocenters. The number of aryl methyl sites for hydroxylation is 2. The fraction of sp³-hybridized carbons (Fsp3) is 0.227. The Bertz CT molecular complexity index is 1050. The van der Waals surface area contributed by atoms with Gasteiger partial charge in [-0.3, -0.25) is 9.83 Å². The van der Waals surface area contributed by atoms with Crippen LogP contribution in [0.3, 0.4) is 0 Å². The lowest BCUT2D eigenvalue weighted by atomic mass is 10.0. The Hall–Kier alpha value is -2.96. The summed E-state index contributed by atoms with van der Waals surface area (Å²) in [6.07, 6.45) is 3.94. The quantitative estimate of drug-likeness (QED) is 0.676. The molecule has 29 heavy (non-hydrogen) atoms. The van der Waals surface area contributed by atoms with Crippen molar-refractivity contribution < 1.29 is 9.57 Å². The monoisotopic (exact) mass is 408 g/mol. The van der Waals surface area contributed by atoms with Crippen LogP contribution in [0.1, 0.15) is 22.3 Å². The van der Waals surface area contributed by atoms with Gasteiger partial charge in [-0.25, -0.2) is 5.48 Å². The van der Waals surface area contributed by atoms with Crippen LogP contribution in [0.25, 0.3) is 0 Å². The van der Waals surface area contributed by atoms with Crippen molar-refractivity contribution in [2.75, 3.05) is 6.61 Å². The van der Waals surface area contributed by atoms with Gasteiger partial charge in [-0.1, -0.05) is 35.9 Å². The van der Waals surface area contributed by atoms with Crippen LogP contribution in [0.4, 0.5) is 0 Å². The van der Waals surface area contributed by atoms with Crippen LogP contribution in [0.5, 0.6) is 11.5 Å². The number of aromatic nitrogens is 2. The minimum absolute atomic E-state index is 0.0134. The molecule has 0 saturated carbocycles. The number of halogens is 1. The maximum absolute atomic E-state index is 6.05. The average molecular weight is 409 g/mol. The van der Waals surface area contributed by atoms with Crippen molar-refractivity contribution in [3.05, 3.63) is 82.1 Å². The normalized spacial score (nSPS) is 16.1. The van der Waals surface area contributed by atoms with Crippen molar-refractivity contribution in [3.8, 4) is 11.5 Å². The second-order valence-electron chi connectivity index (χ2n) is 6.99. The highest BCUT2D eigenvalue weighted by molar-refractivity contribution is 6.30. The molecule has 0 aliphatic carbocycles. The van der Waals surface area contributed by atoms with Gasteiger partial charge in [0.2, 0.25) is 0 Å². The average Bonchev–Trinajstić information content (AvgIpc) is 2.71. The molecule has 0 bridgehead atoms. The van der Waals surface area contributed by atoms with E-state index in [-0.39, 0.29) is 6.04 Å². The molecule has 1 N–H and O–H groups in total. The Morgan fingerprint density at radius 3 is 2.79 bits per heavy atom. The third-order valence-electron chi connectivity index (χ3n) is 4.77.